The predicted octanol–water partition coefficient (Wildman–Crippen LogP) is 3.59. The normalized spacial score (nSPS) is 10.5. The standard InChI is InChI=1S/C10H4BrClFNO3/c11-4-1-2-5(12)8(9(4)13)7-3-6(10(15)16)14-17-7/h1-3H,(H,15,16). The Balaban J connectivity index is 2.60. The lowest BCUT2D eigenvalue weighted by molar-refractivity contribution is 0.0686. The molecule has 0 aliphatic carbocycles. The highest BCUT2D eigenvalue weighted by molar-refractivity contribution is 9.10. The van der Waals surface area contributed by atoms with Crippen molar-refractivity contribution < 1.29 is 18.8 Å². The van der Waals surface area contributed by atoms with E-state index in [1.54, 1.807) is 0 Å². The fourth-order valence-electron chi connectivity index (χ4n) is 1.25. The Hall–Kier alpha value is -1.40. The first-order valence-corrected chi connectivity index (χ1v) is 5.51. The van der Waals surface area contributed by atoms with E-state index in [2.05, 4.69) is 21.1 Å². The average molecular weight is 321 g/mol. The van der Waals surface area contributed by atoms with Crippen LogP contribution in [0.5, 0.6) is 0 Å². The molecule has 0 radical (unpaired) electrons. The van der Waals surface area contributed by atoms with E-state index in [0.29, 0.717) is 0 Å². The largest absolute Gasteiger partial charge is 0.476 e. The maximum atomic E-state index is 13.8. The first-order chi connectivity index (χ1) is 8.00. The molecule has 1 N–H and O–H groups in total. The van der Waals surface area contributed by atoms with Crippen molar-refractivity contribution in [1.29, 1.82) is 0 Å². The second kappa shape index (κ2) is 4.46. The van der Waals surface area contributed by atoms with E-state index in [-0.39, 0.29) is 26.5 Å². The van der Waals surface area contributed by atoms with Gasteiger partial charge in [0, 0.05) is 6.07 Å². The van der Waals surface area contributed by atoms with Crippen molar-refractivity contribution in [2.24, 2.45) is 0 Å². The third-order valence-corrected chi connectivity index (χ3v) is 2.95. The van der Waals surface area contributed by atoms with Gasteiger partial charge in [-0.15, -0.1) is 0 Å². The molecular weight excluding hydrogens is 316 g/mol. The van der Waals surface area contributed by atoms with E-state index < -0.39 is 11.8 Å². The van der Waals surface area contributed by atoms with Crippen molar-refractivity contribution in [3.05, 3.63) is 39.2 Å². The van der Waals surface area contributed by atoms with Gasteiger partial charge in [-0.2, -0.15) is 0 Å². The first-order valence-electron chi connectivity index (χ1n) is 4.34. The molecule has 0 atom stereocenters. The smallest absolute Gasteiger partial charge is 0.358 e. The number of benzene rings is 1. The number of carboxylic acids is 1. The molecule has 88 valence electrons. The van der Waals surface area contributed by atoms with Gasteiger partial charge < -0.3 is 9.63 Å². The van der Waals surface area contributed by atoms with Gasteiger partial charge in [0.25, 0.3) is 0 Å². The molecule has 1 heterocycles. The van der Waals surface area contributed by atoms with Crippen LogP contribution in [0, 0.1) is 5.82 Å². The third kappa shape index (κ3) is 2.18. The quantitative estimate of drug-likeness (QED) is 0.859. The summed E-state index contributed by atoms with van der Waals surface area (Å²) >= 11 is 8.83. The Labute approximate surface area is 108 Å². The Morgan fingerprint density at radius 1 is 1.53 bits per heavy atom. The zero-order chi connectivity index (χ0) is 12.6. The molecule has 0 aliphatic rings. The summed E-state index contributed by atoms with van der Waals surface area (Å²) in [5.74, 6) is -1.93. The SMILES string of the molecule is O=C(O)c1cc(-c2c(Cl)ccc(Br)c2F)on1. The number of aromatic carboxylic acids is 1. The number of rotatable bonds is 2. The molecule has 0 saturated carbocycles. The third-order valence-electron chi connectivity index (χ3n) is 2.02. The number of carbonyl (C=O) groups is 1. The molecule has 0 aliphatic heterocycles. The molecule has 17 heavy (non-hydrogen) atoms. The average Bonchev–Trinajstić information content (AvgIpc) is 2.73. The predicted molar refractivity (Wildman–Crippen MR) is 61.6 cm³/mol. The van der Waals surface area contributed by atoms with Crippen LogP contribution in [0.4, 0.5) is 4.39 Å². The molecule has 1 aromatic carbocycles. The maximum absolute atomic E-state index is 13.8. The van der Waals surface area contributed by atoms with Crippen molar-refractivity contribution in [2.45, 2.75) is 0 Å². The summed E-state index contributed by atoms with van der Waals surface area (Å²) in [6.45, 7) is 0. The minimum Gasteiger partial charge on any atom is -0.476 e. The van der Waals surface area contributed by atoms with Gasteiger partial charge in [0.05, 0.1) is 15.1 Å². The Bertz CT molecular complexity index is 599. The van der Waals surface area contributed by atoms with Crippen LogP contribution in [0.25, 0.3) is 11.3 Å². The second-order valence-electron chi connectivity index (χ2n) is 3.10. The number of nitrogens with zero attached hydrogens (tertiary/aromatic N) is 1. The van der Waals surface area contributed by atoms with Gasteiger partial charge >= 0.3 is 5.97 Å². The molecule has 0 unspecified atom stereocenters. The van der Waals surface area contributed by atoms with Crippen LogP contribution in [0.1, 0.15) is 10.5 Å². The van der Waals surface area contributed by atoms with Gasteiger partial charge in [-0.05, 0) is 28.1 Å². The first kappa shape index (κ1) is 12.1. The van der Waals surface area contributed by atoms with Gasteiger partial charge in [0.1, 0.15) is 5.82 Å². The zero-order valence-electron chi connectivity index (χ0n) is 8.08. The molecule has 0 bridgehead atoms. The minimum atomic E-state index is -1.26. The summed E-state index contributed by atoms with van der Waals surface area (Å²) in [4.78, 5) is 10.6. The number of aromatic nitrogens is 1. The molecular formula is C10H4BrClFNO3. The highest BCUT2D eigenvalue weighted by atomic mass is 79.9. The summed E-state index contributed by atoms with van der Waals surface area (Å²) in [7, 11) is 0. The Morgan fingerprint density at radius 3 is 2.82 bits per heavy atom. The minimum absolute atomic E-state index is 0.0268. The van der Waals surface area contributed by atoms with E-state index in [1.165, 1.54) is 12.1 Å². The summed E-state index contributed by atoms with van der Waals surface area (Å²) in [6, 6.07) is 4.02. The van der Waals surface area contributed by atoms with Crippen LogP contribution >= 0.6 is 27.5 Å². The lowest BCUT2D eigenvalue weighted by Gasteiger charge is -2.02. The number of hydrogen-bond acceptors (Lipinski definition) is 3. The van der Waals surface area contributed by atoms with E-state index in [4.69, 9.17) is 21.2 Å². The second-order valence-corrected chi connectivity index (χ2v) is 4.36. The summed E-state index contributed by atoms with van der Waals surface area (Å²) in [5.41, 5.74) is -0.337. The molecule has 0 saturated heterocycles. The highest BCUT2D eigenvalue weighted by Crippen LogP contribution is 2.34. The topological polar surface area (TPSA) is 63.3 Å². The number of hydrogen-bond donors (Lipinski definition) is 1. The summed E-state index contributed by atoms with van der Waals surface area (Å²) in [5, 5.41) is 12.1. The molecule has 0 fully saturated rings. The van der Waals surface area contributed by atoms with E-state index in [1.807, 2.05) is 0 Å². The van der Waals surface area contributed by atoms with Crippen LogP contribution in [0.2, 0.25) is 5.02 Å². The summed E-state index contributed by atoms with van der Waals surface area (Å²) < 4.78 is 18.7. The number of halogens is 3. The molecule has 2 rings (SSSR count). The van der Waals surface area contributed by atoms with Gasteiger partial charge in [-0.1, -0.05) is 16.8 Å². The molecule has 2 aromatic rings. The van der Waals surface area contributed by atoms with Crippen LogP contribution in [-0.4, -0.2) is 16.2 Å². The van der Waals surface area contributed by atoms with Crippen LogP contribution < -0.4 is 0 Å². The van der Waals surface area contributed by atoms with Crippen molar-refractivity contribution in [3.63, 3.8) is 0 Å². The van der Waals surface area contributed by atoms with Gasteiger partial charge in [0.2, 0.25) is 0 Å². The van der Waals surface area contributed by atoms with Crippen molar-refractivity contribution in [1.82, 2.24) is 5.16 Å². The fraction of sp³-hybridized carbons (Fsp3) is 0. The Kier molecular flexibility index (Phi) is 3.17. The molecule has 0 spiro atoms. The van der Waals surface area contributed by atoms with Crippen molar-refractivity contribution >= 4 is 33.5 Å². The molecule has 1 aromatic heterocycles. The zero-order valence-corrected chi connectivity index (χ0v) is 10.4. The molecule has 0 amide bonds. The van der Waals surface area contributed by atoms with Crippen LogP contribution in [0.3, 0.4) is 0 Å². The van der Waals surface area contributed by atoms with Crippen molar-refractivity contribution in [2.75, 3.05) is 0 Å². The highest BCUT2D eigenvalue weighted by Gasteiger charge is 2.19. The van der Waals surface area contributed by atoms with E-state index in [9.17, 15) is 9.18 Å². The monoisotopic (exact) mass is 319 g/mol. The maximum Gasteiger partial charge on any atom is 0.358 e. The van der Waals surface area contributed by atoms with Gasteiger partial charge in [-0.3, -0.25) is 0 Å². The van der Waals surface area contributed by atoms with Crippen LogP contribution in [0.15, 0.2) is 27.2 Å². The van der Waals surface area contributed by atoms with E-state index in [0.717, 1.165) is 6.07 Å². The van der Waals surface area contributed by atoms with E-state index >= 15 is 0 Å². The lowest BCUT2D eigenvalue weighted by Crippen LogP contribution is -1.94. The molecule has 7 heteroatoms. The van der Waals surface area contributed by atoms with Crippen molar-refractivity contribution in [3.8, 4) is 11.3 Å². The van der Waals surface area contributed by atoms with Crippen LogP contribution in [-0.2, 0) is 0 Å². The van der Waals surface area contributed by atoms with Gasteiger partial charge in [-0.25, -0.2) is 9.18 Å². The fourth-order valence-corrected chi connectivity index (χ4v) is 1.82. The number of carboxylic acid groups (broad SMARTS) is 1. The Morgan fingerprint density at radius 2 is 2.24 bits per heavy atom. The molecule has 4 nitrogen and oxygen atoms in total. The van der Waals surface area contributed by atoms with Gasteiger partial charge in [0.15, 0.2) is 11.5 Å². The lowest BCUT2D eigenvalue weighted by atomic mass is 10.1. The summed E-state index contributed by atoms with van der Waals surface area (Å²) in [6.07, 6.45) is 0.